The minimum atomic E-state index is -0.357. The molecule has 0 aliphatic carbocycles. The minimum absolute atomic E-state index is 0.0235. The number of hydrogen-bond donors (Lipinski definition) is 1. The number of aromatic nitrogens is 2. The highest BCUT2D eigenvalue weighted by molar-refractivity contribution is 8.00. The zero-order chi connectivity index (χ0) is 22.0. The molecular weight excluding hydrogens is 414 g/mol. The highest BCUT2D eigenvalue weighted by Gasteiger charge is 2.23. The average Bonchev–Trinajstić information content (AvgIpc) is 2.99. The first-order valence-electron chi connectivity index (χ1n) is 10.2. The lowest BCUT2D eigenvalue weighted by Gasteiger charge is -2.19. The van der Waals surface area contributed by atoms with Crippen molar-refractivity contribution in [3.8, 4) is 0 Å². The van der Waals surface area contributed by atoms with E-state index in [4.69, 9.17) is 4.98 Å². The lowest BCUT2D eigenvalue weighted by atomic mass is 10.0. The van der Waals surface area contributed by atoms with Crippen molar-refractivity contribution < 1.29 is 4.79 Å². The lowest BCUT2D eigenvalue weighted by Crippen LogP contribution is -2.34. The number of rotatable bonds is 7. The van der Waals surface area contributed by atoms with Crippen LogP contribution in [0.3, 0.4) is 0 Å². The molecule has 0 aliphatic heterocycles. The summed E-state index contributed by atoms with van der Waals surface area (Å²) in [6, 6.07) is 10.1. The summed E-state index contributed by atoms with van der Waals surface area (Å²) in [4.78, 5) is 32.5. The van der Waals surface area contributed by atoms with Crippen molar-refractivity contribution in [1.29, 1.82) is 0 Å². The highest BCUT2D eigenvalue weighted by atomic mass is 32.2. The molecule has 1 amide bonds. The molecule has 30 heavy (non-hydrogen) atoms. The van der Waals surface area contributed by atoms with Crippen LogP contribution in [0.1, 0.15) is 55.7 Å². The van der Waals surface area contributed by atoms with Gasteiger partial charge in [0.2, 0.25) is 5.91 Å². The smallest absolute Gasteiger partial charge is 0.263 e. The van der Waals surface area contributed by atoms with E-state index in [-0.39, 0.29) is 28.7 Å². The molecule has 2 unspecified atom stereocenters. The largest absolute Gasteiger partial charge is 0.355 e. The normalized spacial score (nSPS) is 13.6. The van der Waals surface area contributed by atoms with Crippen molar-refractivity contribution in [2.45, 2.75) is 63.9 Å². The fourth-order valence-electron chi connectivity index (χ4n) is 3.33. The Bertz CT molecular complexity index is 1100. The van der Waals surface area contributed by atoms with E-state index in [0.717, 1.165) is 15.3 Å². The van der Waals surface area contributed by atoms with Crippen LogP contribution in [-0.4, -0.2) is 27.3 Å². The number of thioether (sulfide) groups is 1. The summed E-state index contributed by atoms with van der Waals surface area (Å²) in [5, 5.41) is 3.98. The molecule has 0 radical (unpaired) electrons. The summed E-state index contributed by atoms with van der Waals surface area (Å²) in [6.07, 6.45) is 0. The van der Waals surface area contributed by atoms with E-state index in [1.54, 1.807) is 4.57 Å². The Balaban J connectivity index is 1.78. The maximum absolute atomic E-state index is 13.2. The van der Waals surface area contributed by atoms with Crippen molar-refractivity contribution in [2.24, 2.45) is 0 Å². The van der Waals surface area contributed by atoms with E-state index in [1.165, 1.54) is 28.7 Å². The van der Waals surface area contributed by atoms with E-state index in [9.17, 15) is 9.59 Å². The molecule has 3 aromatic rings. The lowest BCUT2D eigenvalue weighted by molar-refractivity contribution is -0.120. The van der Waals surface area contributed by atoms with Crippen molar-refractivity contribution in [3.63, 3.8) is 0 Å². The molecule has 5 nitrogen and oxygen atoms in total. The molecule has 2 atom stereocenters. The Morgan fingerprint density at radius 3 is 2.47 bits per heavy atom. The third kappa shape index (κ3) is 4.62. The highest BCUT2D eigenvalue weighted by Crippen LogP contribution is 2.30. The predicted molar refractivity (Wildman–Crippen MR) is 127 cm³/mol. The first-order valence-corrected chi connectivity index (χ1v) is 11.9. The van der Waals surface area contributed by atoms with Gasteiger partial charge in [-0.15, -0.1) is 11.3 Å². The zero-order valence-corrected chi connectivity index (χ0v) is 20.0. The molecule has 0 spiro atoms. The monoisotopic (exact) mass is 443 g/mol. The van der Waals surface area contributed by atoms with Crippen molar-refractivity contribution >= 4 is 39.2 Å². The van der Waals surface area contributed by atoms with Crippen LogP contribution in [0.25, 0.3) is 10.2 Å². The first kappa shape index (κ1) is 22.6. The van der Waals surface area contributed by atoms with Gasteiger partial charge in [-0.05, 0) is 51.7 Å². The van der Waals surface area contributed by atoms with E-state index < -0.39 is 0 Å². The molecule has 0 saturated carbocycles. The number of carbonyl (C=O) groups excluding carboxylic acids is 1. The van der Waals surface area contributed by atoms with Gasteiger partial charge < -0.3 is 5.32 Å². The molecular formula is C23H29N3O2S2. The van der Waals surface area contributed by atoms with Crippen molar-refractivity contribution in [2.75, 3.05) is 6.54 Å². The number of nitrogens with zero attached hydrogens (tertiary/aromatic N) is 2. The van der Waals surface area contributed by atoms with Gasteiger partial charge >= 0.3 is 0 Å². The number of amides is 1. The number of hydrogen-bond acceptors (Lipinski definition) is 5. The Hall–Kier alpha value is -2.12. The number of aryl methyl sites for hydroxylation is 2. The van der Waals surface area contributed by atoms with E-state index in [0.29, 0.717) is 17.1 Å². The molecule has 0 fully saturated rings. The van der Waals surface area contributed by atoms with E-state index >= 15 is 0 Å². The molecule has 0 saturated heterocycles. The van der Waals surface area contributed by atoms with Gasteiger partial charge in [0.25, 0.3) is 5.56 Å². The third-order valence-corrected chi connectivity index (χ3v) is 7.49. The van der Waals surface area contributed by atoms with Crippen LogP contribution in [0.15, 0.2) is 40.3 Å². The summed E-state index contributed by atoms with van der Waals surface area (Å²) in [7, 11) is 0. The van der Waals surface area contributed by atoms with E-state index in [1.807, 2.05) is 52.8 Å². The van der Waals surface area contributed by atoms with Gasteiger partial charge in [-0.25, -0.2) is 4.98 Å². The number of nitrogens with one attached hydrogen (secondary N) is 1. The van der Waals surface area contributed by atoms with Crippen LogP contribution in [0.2, 0.25) is 0 Å². The number of carbonyl (C=O) groups is 1. The fourth-order valence-corrected chi connectivity index (χ4v) is 5.47. The molecule has 3 rings (SSSR count). The topological polar surface area (TPSA) is 64.0 Å². The number of thiophene rings is 1. The number of fused-ring (bicyclic) bond motifs is 1. The van der Waals surface area contributed by atoms with Crippen molar-refractivity contribution in [1.82, 2.24) is 14.9 Å². The Kier molecular flexibility index (Phi) is 7.03. The fraction of sp³-hybridized carbons (Fsp3) is 0.435. The standard InChI is InChI=1S/C23H29N3O2S2/c1-13(2)26-22(28)19-15(4)16(5)29-21(19)25-23(26)30-17(6)20(27)24-12-14(3)18-10-8-7-9-11-18/h7-11,13-14,17H,12H2,1-6H3,(H,24,27). The molecule has 160 valence electrons. The summed E-state index contributed by atoms with van der Waals surface area (Å²) in [5.41, 5.74) is 2.17. The molecule has 1 N–H and O–H groups in total. The maximum atomic E-state index is 13.2. The van der Waals surface area contributed by atoms with Gasteiger partial charge in [-0.2, -0.15) is 0 Å². The minimum Gasteiger partial charge on any atom is -0.355 e. The molecule has 7 heteroatoms. The summed E-state index contributed by atoms with van der Waals surface area (Å²) >= 11 is 2.88. The van der Waals surface area contributed by atoms with Crippen LogP contribution >= 0.6 is 23.1 Å². The summed E-state index contributed by atoms with van der Waals surface area (Å²) in [5.74, 6) is 0.179. The van der Waals surface area contributed by atoms with Gasteiger partial charge in [0.15, 0.2) is 5.16 Å². The average molecular weight is 444 g/mol. The Morgan fingerprint density at radius 1 is 1.17 bits per heavy atom. The predicted octanol–water partition coefficient (Wildman–Crippen LogP) is 5.06. The van der Waals surface area contributed by atoms with E-state index in [2.05, 4.69) is 24.4 Å². The third-order valence-electron chi connectivity index (χ3n) is 5.32. The van der Waals surface area contributed by atoms with Gasteiger partial charge in [0.1, 0.15) is 4.83 Å². The molecule has 0 aliphatic rings. The molecule has 2 heterocycles. The maximum Gasteiger partial charge on any atom is 0.263 e. The van der Waals surface area contributed by atoms with Gasteiger partial charge in [-0.3, -0.25) is 14.2 Å². The first-order chi connectivity index (χ1) is 14.2. The second kappa shape index (κ2) is 9.35. The van der Waals surface area contributed by atoms with Crippen molar-refractivity contribution in [3.05, 3.63) is 56.7 Å². The number of benzene rings is 1. The van der Waals surface area contributed by atoms with Crippen LogP contribution in [0.5, 0.6) is 0 Å². The SMILES string of the molecule is Cc1sc2nc(SC(C)C(=O)NCC(C)c3ccccc3)n(C(C)C)c(=O)c2c1C. The van der Waals surface area contributed by atoms with Crippen LogP contribution in [0, 0.1) is 13.8 Å². The molecule has 0 bridgehead atoms. The van der Waals surface area contributed by atoms with Crippen LogP contribution in [0.4, 0.5) is 0 Å². The molecule has 1 aromatic carbocycles. The van der Waals surface area contributed by atoms with Gasteiger partial charge in [0.05, 0.1) is 10.6 Å². The van der Waals surface area contributed by atoms with Gasteiger partial charge in [-0.1, -0.05) is 49.0 Å². The quantitative estimate of drug-likeness (QED) is 0.410. The second-order valence-electron chi connectivity index (χ2n) is 7.94. The second-order valence-corrected chi connectivity index (χ2v) is 10.5. The summed E-state index contributed by atoms with van der Waals surface area (Å²) < 4.78 is 1.71. The molecule has 2 aromatic heterocycles. The Labute approximate surface area is 185 Å². The van der Waals surface area contributed by atoms with Gasteiger partial charge in [0, 0.05) is 17.5 Å². The zero-order valence-electron chi connectivity index (χ0n) is 18.4. The van der Waals surface area contributed by atoms with Crippen LogP contribution in [-0.2, 0) is 4.79 Å². The Morgan fingerprint density at radius 2 is 1.83 bits per heavy atom. The summed E-state index contributed by atoms with van der Waals surface area (Å²) in [6.45, 7) is 12.5. The van der Waals surface area contributed by atoms with Crippen LogP contribution < -0.4 is 10.9 Å².